The van der Waals surface area contributed by atoms with Gasteiger partial charge in [-0.05, 0) is 43.5 Å². The molecule has 2 unspecified atom stereocenters. The Bertz CT molecular complexity index is 408. The molecule has 1 aromatic carbocycles. The van der Waals surface area contributed by atoms with E-state index in [1.807, 2.05) is 0 Å². The average Bonchev–Trinajstić information content (AvgIpc) is 2.91. The van der Waals surface area contributed by atoms with E-state index in [0.717, 1.165) is 44.5 Å². The number of nitrogens with one attached hydrogen (secondary N) is 1. The molecule has 1 aromatic rings. The average molecular weight is 271 g/mol. The van der Waals surface area contributed by atoms with Gasteiger partial charge < -0.3 is 15.2 Å². The largest absolute Gasteiger partial charge is 0.387 e. The first-order chi connectivity index (χ1) is 9.16. The molecule has 0 aromatic heterocycles. The summed E-state index contributed by atoms with van der Waals surface area (Å²) in [5.74, 6) is -1.84. The third-order valence-electron chi connectivity index (χ3n) is 3.33. The van der Waals surface area contributed by atoms with Crippen molar-refractivity contribution in [3.8, 4) is 0 Å². The molecule has 1 fully saturated rings. The van der Waals surface area contributed by atoms with Gasteiger partial charge in [-0.1, -0.05) is 6.07 Å². The number of rotatable bonds is 6. The number of aliphatic hydroxyl groups is 1. The minimum atomic E-state index is -0.934. The van der Waals surface area contributed by atoms with Gasteiger partial charge in [0.2, 0.25) is 0 Å². The predicted octanol–water partition coefficient (Wildman–Crippen LogP) is 2.16. The summed E-state index contributed by atoms with van der Waals surface area (Å²) in [6.07, 6.45) is 2.59. The molecule has 0 spiro atoms. The van der Waals surface area contributed by atoms with E-state index in [9.17, 15) is 13.9 Å². The highest BCUT2D eigenvalue weighted by Crippen LogP contribution is 2.16. The molecule has 1 aliphatic rings. The van der Waals surface area contributed by atoms with Crippen LogP contribution < -0.4 is 5.32 Å². The van der Waals surface area contributed by atoms with Gasteiger partial charge in [0.05, 0.1) is 12.2 Å². The minimum absolute atomic E-state index is 0.313. The van der Waals surface area contributed by atoms with Crippen molar-refractivity contribution >= 4 is 0 Å². The molecule has 0 aliphatic carbocycles. The number of aliphatic hydroxyl groups excluding tert-OH is 1. The van der Waals surface area contributed by atoms with Crippen molar-refractivity contribution in [2.75, 3.05) is 19.7 Å². The lowest BCUT2D eigenvalue weighted by molar-refractivity contribution is 0.102. The Morgan fingerprint density at radius 2 is 2.21 bits per heavy atom. The maximum Gasteiger partial charge on any atom is 0.159 e. The Balaban J connectivity index is 1.71. The zero-order chi connectivity index (χ0) is 13.7. The van der Waals surface area contributed by atoms with E-state index in [2.05, 4.69) is 5.32 Å². The summed E-state index contributed by atoms with van der Waals surface area (Å²) in [6.45, 7) is 1.89. The lowest BCUT2D eigenvalue weighted by atomic mass is 10.1. The second kappa shape index (κ2) is 6.93. The van der Waals surface area contributed by atoms with Crippen LogP contribution >= 0.6 is 0 Å². The van der Waals surface area contributed by atoms with E-state index in [1.165, 1.54) is 6.07 Å². The fraction of sp³-hybridized carbons (Fsp3) is 0.571. The molecular weight excluding hydrogens is 252 g/mol. The summed E-state index contributed by atoms with van der Waals surface area (Å²) < 4.78 is 31.2. The van der Waals surface area contributed by atoms with Crippen molar-refractivity contribution in [1.29, 1.82) is 0 Å². The quantitative estimate of drug-likeness (QED) is 0.779. The van der Waals surface area contributed by atoms with Gasteiger partial charge in [0.1, 0.15) is 0 Å². The highest BCUT2D eigenvalue weighted by molar-refractivity contribution is 5.20. The van der Waals surface area contributed by atoms with Crippen LogP contribution in [0, 0.1) is 11.6 Å². The second-order valence-corrected chi connectivity index (χ2v) is 4.82. The highest BCUT2D eigenvalue weighted by atomic mass is 19.2. The lowest BCUT2D eigenvalue weighted by Crippen LogP contribution is -2.25. The number of hydrogen-bond acceptors (Lipinski definition) is 3. The van der Waals surface area contributed by atoms with E-state index in [4.69, 9.17) is 4.74 Å². The van der Waals surface area contributed by atoms with Crippen LogP contribution in [0.2, 0.25) is 0 Å². The van der Waals surface area contributed by atoms with E-state index >= 15 is 0 Å². The van der Waals surface area contributed by atoms with Crippen LogP contribution in [-0.4, -0.2) is 30.9 Å². The number of halogens is 2. The molecule has 0 saturated carbocycles. The van der Waals surface area contributed by atoms with E-state index in [0.29, 0.717) is 18.2 Å². The smallest absolute Gasteiger partial charge is 0.159 e. The zero-order valence-electron chi connectivity index (χ0n) is 10.7. The molecule has 2 N–H and O–H groups in total. The predicted molar refractivity (Wildman–Crippen MR) is 67.8 cm³/mol. The van der Waals surface area contributed by atoms with E-state index < -0.39 is 17.7 Å². The molecule has 0 amide bonds. The molecular formula is C14H19F2NO2. The fourth-order valence-electron chi connectivity index (χ4n) is 2.21. The number of hydrogen-bond donors (Lipinski definition) is 2. The highest BCUT2D eigenvalue weighted by Gasteiger charge is 2.15. The first-order valence-electron chi connectivity index (χ1n) is 6.62. The lowest BCUT2D eigenvalue weighted by Gasteiger charge is -2.14. The standard InChI is InChI=1S/C14H19F2NO2/c15-12-4-3-10(8-13(12)16)14(18)9-17-6-5-11-2-1-7-19-11/h3-4,8,11,14,17-18H,1-2,5-7,9H2. The summed E-state index contributed by atoms with van der Waals surface area (Å²) in [6, 6.07) is 3.45. The van der Waals surface area contributed by atoms with Gasteiger partial charge in [0.25, 0.3) is 0 Å². The first-order valence-corrected chi connectivity index (χ1v) is 6.62. The van der Waals surface area contributed by atoms with Crippen LogP contribution in [0.1, 0.15) is 30.9 Å². The molecule has 19 heavy (non-hydrogen) atoms. The number of ether oxygens (including phenoxy) is 1. The molecule has 2 atom stereocenters. The van der Waals surface area contributed by atoms with Crippen molar-refractivity contribution in [1.82, 2.24) is 5.32 Å². The molecule has 3 nitrogen and oxygen atoms in total. The molecule has 0 radical (unpaired) electrons. The van der Waals surface area contributed by atoms with Gasteiger partial charge in [-0.15, -0.1) is 0 Å². The van der Waals surface area contributed by atoms with E-state index in [-0.39, 0.29) is 0 Å². The summed E-state index contributed by atoms with van der Waals surface area (Å²) in [7, 11) is 0. The van der Waals surface area contributed by atoms with Crippen molar-refractivity contribution < 1.29 is 18.6 Å². The molecule has 0 bridgehead atoms. The SMILES string of the molecule is OC(CNCCC1CCCO1)c1ccc(F)c(F)c1. The van der Waals surface area contributed by atoms with Crippen LogP contribution in [0.15, 0.2) is 18.2 Å². The molecule has 2 rings (SSSR count). The Kier molecular flexibility index (Phi) is 5.24. The third kappa shape index (κ3) is 4.23. The topological polar surface area (TPSA) is 41.5 Å². The van der Waals surface area contributed by atoms with Gasteiger partial charge in [-0.25, -0.2) is 8.78 Å². The van der Waals surface area contributed by atoms with Crippen LogP contribution in [0.25, 0.3) is 0 Å². The van der Waals surface area contributed by atoms with Crippen molar-refractivity contribution in [2.24, 2.45) is 0 Å². The number of benzene rings is 1. The second-order valence-electron chi connectivity index (χ2n) is 4.82. The van der Waals surface area contributed by atoms with Crippen LogP contribution in [-0.2, 0) is 4.74 Å². The normalized spacial score (nSPS) is 20.7. The Labute approximate surface area is 111 Å². The van der Waals surface area contributed by atoms with Crippen LogP contribution in [0.5, 0.6) is 0 Å². The fourth-order valence-corrected chi connectivity index (χ4v) is 2.21. The van der Waals surface area contributed by atoms with Gasteiger partial charge in [-0.3, -0.25) is 0 Å². The first kappa shape index (κ1) is 14.4. The van der Waals surface area contributed by atoms with Gasteiger partial charge >= 0.3 is 0 Å². The van der Waals surface area contributed by atoms with Crippen LogP contribution in [0.4, 0.5) is 8.78 Å². The van der Waals surface area contributed by atoms with E-state index in [1.54, 1.807) is 0 Å². The minimum Gasteiger partial charge on any atom is -0.387 e. The van der Waals surface area contributed by atoms with Crippen LogP contribution in [0.3, 0.4) is 0 Å². The maximum atomic E-state index is 13.0. The molecule has 106 valence electrons. The Hall–Kier alpha value is -1.04. The zero-order valence-corrected chi connectivity index (χ0v) is 10.7. The summed E-state index contributed by atoms with van der Waals surface area (Å²) >= 11 is 0. The summed E-state index contributed by atoms with van der Waals surface area (Å²) in [4.78, 5) is 0. The summed E-state index contributed by atoms with van der Waals surface area (Å²) in [5.41, 5.74) is 0.378. The van der Waals surface area contributed by atoms with Crippen molar-refractivity contribution in [2.45, 2.75) is 31.5 Å². The maximum absolute atomic E-state index is 13.0. The molecule has 5 heteroatoms. The Morgan fingerprint density at radius 1 is 1.37 bits per heavy atom. The van der Waals surface area contributed by atoms with Gasteiger partial charge in [0.15, 0.2) is 11.6 Å². The molecule has 1 heterocycles. The molecule has 1 aliphatic heterocycles. The third-order valence-corrected chi connectivity index (χ3v) is 3.33. The van der Waals surface area contributed by atoms with Gasteiger partial charge in [0, 0.05) is 13.2 Å². The monoisotopic (exact) mass is 271 g/mol. The summed E-state index contributed by atoms with van der Waals surface area (Å²) in [5, 5.41) is 12.9. The van der Waals surface area contributed by atoms with Crippen molar-refractivity contribution in [3.63, 3.8) is 0 Å². The van der Waals surface area contributed by atoms with Crippen molar-refractivity contribution in [3.05, 3.63) is 35.4 Å². The molecule has 1 saturated heterocycles. The van der Waals surface area contributed by atoms with Gasteiger partial charge in [-0.2, -0.15) is 0 Å². The Morgan fingerprint density at radius 3 is 2.89 bits per heavy atom.